The number of aromatic nitrogens is 3. The van der Waals surface area contributed by atoms with Gasteiger partial charge in [0.15, 0.2) is 6.17 Å². The molecule has 1 aliphatic carbocycles. The van der Waals surface area contributed by atoms with E-state index in [0.29, 0.717) is 17.5 Å². The standard InChI is InChI=1S/C36H24FN3/c37-36(25-12-9-11-24(20-25)30-15-5-7-18-38-30)29-22-32-35(34-26-13-2-1-10-23(26)21-28(29)34)27-14-3-4-16-31(27)40(32)33-17-6-8-19-39-33/h1-20,22,36H,21H2. The summed E-state index contributed by atoms with van der Waals surface area (Å²) in [6.07, 6.45) is 2.98. The van der Waals surface area contributed by atoms with Gasteiger partial charge in [-0.25, -0.2) is 9.37 Å². The molecule has 1 aliphatic rings. The van der Waals surface area contributed by atoms with Gasteiger partial charge in [-0.1, -0.05) is 72.8 Å². The highest BCUT2D eigenvalue weighted by atomic mass is 19.1. The number of para-hydroxylation sites is 1. The zero-order valence-corrected chi connectivity index (χ0v) is 21.6. The Labute approximate surface area is 231 Å². The molecule has 0 fully saturated rings. The zero-order chi connectivity index (χ0) is 26.6. The van der Waals surface area contributed by atoms with Gasteiger partial charge >= 0.3 is 0 Å². The number of benzene rings is 4. The first kappa shape index (κ1) is 22.9. The molecule has 3 aromatic heterocycles. The Morgan fingerprint density at radius 3 is 2.35 bits per heavy atom. The van der Waals surface area contributed by atoms with E-state index in [4.69, 9.17) is 4.98 Å². The number of pyridine rings is 2. The largest absolute Gasteiger partial charge is 0.294 e. The molecule has 0 radical (unpaired) electrons. The lowest BCUT2D eigenvalue weighted by atomic mass is 9.90. The maximum Gasteiger partial charge on any atom is 0.151 e. The molecule has 8 rings (SSSR count). The van der Waals surface area contributed by atoms with Crippen LogP contribution in [0.25, 0.3) is 50.0 Å². The summed E-state index contributed by atoms with van der Waals surface area (Å²) >= 11 is 0. The average Bonchev–Trinajstić information content (AvgIpc) is 3.57. The Morgan fingerprint density at radius 1 is 0.700 bits per heavy atom. The Kier molecular flexibility index (Phi) is 5.14. The van der Waals surface area contributed by atoms with E-state index in [2.05, 4.69) is 64.1 Å². The molecule has 1 atom stereocenters. The van der Waals surface area contributed by atoms with Crippen LogP contribution in [-0.4, -0.2) is 14.5 Å². The van der Waals surface area contributed by atoms with Gasteiger partial charge in [-0.2, -0.15) is 0 Å². The molecular weight excluding hydrogens is 493 g/mol. The molecule has 0 saturated carbocycles. The molecule has 0 N–H and O–H groups in total. The van der Waals surface area contributed by atoms with Crippen molar-refractivity contribution in [1.82, 2.24) is 14.5 Å². The van der Waals surface area contributed by atoms with Crippen molar-refractivity contribution in [2.45, 2.75) is 12.6 Å². The van der Waals surface area contributed by atoms with E-state index in [1.807, 2.05) is 60.7 Å². The van der Waals surface area contributed by atoms with Crippen LogP contribution in [0.1, 0.15) is 28.4 Å². The predicted molar refractivity (Wildman–Crippen MR) is 159 cm³/mol. The Balaban J connectivity index is 1.43. The molecular formula is C36H24FN3. The lowest BCUT2D eigenvalue weighted by Gasteiger charge is -2.17. The van der Waals surface area contributed by atoms with Crippen LogP contribution in [0, 0.1) is 0 Å². The molecule has 40 heavy (non-hydrogen) atoms. The second-order valence-electron chi connectivity index (χ2n) is 10.3. The number of rotatable bonds is 4. The van der Waals surface area contributed by atoms with E-state index < -0.39 is 6.17 Å². The minimum atomic E-state index is -1.30. The van der Waals surface area contributed by atoms with E-state index in [0.717, 1.165) is 50.0 Å². The van der Waals surface area contributed by atoms with Crippen molar-refractivity contribution in [3.05, 3.63) is 150 Å². The second kappa shape index (κ2) is 8.99. The topological polar surface area (TPSA) is 30.7 Å². The van der Waals surface area contributed by atoms with Crippen LogP contribution in [0.2, 0.25) is 0 Å². The summed E-state index contributed by atoms with van der Waals surface area (Å²) < 4.78 is 19.1. The lowest BCUT2D eigenvalue weighted by molar-refractivity contribution is 0.400. The Morgan fingerprint density at radius 2 is 1.50 bits per heavy atom. The third-order valence-electron chi connectivity index (χ3n) is 8.05. The summed E-state index contributed by atoms with van der Waals surface area (Å²) in [4.78, 5) is 9.18. The Hall–Kier alpha value is -5.09. The van der Waals surface area contributed by atoms with Gasteiger partial charge in [-0.15, -0.1) is 0 Å². The molecule has 3 heterocycles. The van der Waals surface area contributed by atoms with Gasteiger partial charge in [0, 0.05) is 28.7 Å². The quantitative estimate of drug-likeness (QED) is 0.233. The van der Waals surface area contributed by atoms with Gasteiger partial charge in [0.1, 0.15) is 5.82 Å². The van der Waals surface area contributed by atoms with E-state index in [9.17, 15) is 0 Å². The number of hydrogen-bond donors (Lipinski definition) is 0. The van der Waals surface area contributed by atoms with Crippen LogP contribution in [0.4, 0.5) is 4.39 Å². The number of nitrogens with zero attached hydrogens (tertiary/aromatic N) is 3. The average molecular weight is 518 g/mol. The van der Waals surface area contributed by atoms with Crippen LogP contribution in [-0.2, 0) is 6.42 Å². The van der Waals surface area contributed by atoms with Gasteiger partial charge in [0.25, 0.3) is 0 Å². The first-order chi connectivity index (χ1) is 19.8. The summed E-state index contributed by atoms with van der Waals surface area (Å²) in [5.41, 5.74) is 9.72. The molecule has 4 heteroatoms. The van der Waals surface area contributed by atoms with Gasteiger partial charge in [0.05, 0.1) is 16.7 Å². The van der Waals surface area contributed by atoms with Gasteiger partial charge in [-0.3, -0.25) is 9.55 Å². The summed E-state index contributed by atoms with van der Waals surface area (Å²) in [7, 11) is 0. The minimum absolute atomic E-state index is 0.626. The van der Waals surface area contributed by atoms with E-state index in [1.165, 1.54) is 11.1 Å². The number of fused-ring (bicyclic) bond motifs is 7. The molecule has 4 aromatic carbocycles. The summed E-state index contributed by atoms with van der Waals surface area (Å²) in [5, 5.41) is 2.30. The van der Waals surface area contributed by atoms with E-state index in [1.54, 1.807) is 12.4 Å². The van der Waals surface area contributed by atoms with E-state index in [-0.39, 0.29) is 0 Å². The van der Waals surface area contributed by atoms with Crippen molar-refractivity contribution < 1.29 is 4.39 Å². The fraction of sp³-hybridized carbons (Fsp3) is 0.0556. The molecule has 0 aliphatic heterocycles. The highest BCUT2D eigenvalue weighted by Crippen LogP contribution is 2.49. The SMILES string of the molecule is FC(c1cccc(-c2ccccn2)c1)c1cc2c(c3c1Cc1ccccc1-3)c1ccccc1n2-c1ccccn1. The highest BCUT2D eigenvalue weighted by molar-refractivity contribution is 6.17. The molecule has 0 saturated heterocycles. The molecule has 7 aromatic rings. The van der Waals surface area contributed by atoms with Gasteiger partial charge < -0.3 is 0 Å². The highest BCUT2D eigenvalue weighted by Gasteiger charge is 2.30. The molecule has 3 nitrogen and oxygen atoms in total. The van der Waals surface area contributed by atoms with Crippen molar-refractivity contribution in [2.75, 3.05) is 0 Å². The second-order valence-corrected chi connectivity index (χ2v) is 10.3. The number of halogens is 1. The maximum atomic E-state index is 16.9. The lowest BCUT2D eigenvalue weighted by Crippen LogP contribution is -2.03. The van der Waals surface area contributed by atoms with Crippen LogP contribution in [0.15, 0.2) is 128 Å². The molecule has 1 unspecified atom stereocenters. The molecule has 0 amide bonds. The molecule has 190 valence electrons. The molecule has 0 bridgehead atoms. The smallest absolute Gasteiger partial charge is 0.151 e. The van der Waals surface area contributed by atoms with Crippen molar-refractivity contribution >= 4 is 21.8 Å². The van der Waals surface area contributed by atoms with Crippen molar-refractivity contribution in [3.63, 3.8) is 0 Å². The predicted octanol–water partition coefficient (Wildman–Crippen LogP) is 8.87. The molecule has 0 spiro atoms. The minimum Gasteiger partial charge on any atom is -0.294 e. The summed E-state index contributed by atoms with van der Waals surface area (Å²) in [6.45, 7) is 0. The van der Waals surface area contributed by atoms with Crippen LogP contribution in [0.5, 0.6) is 0 Å². The van der Waals surface area contributed by atoms with Crippen molar-refractivity contribution in [1.29, 1.82) is 0 Å². The third kappa shape index (κ3) is 3.43. The summed E-state index contributed by atoms with van der Waals surface area (Å²) in [6, 6.07) is 38.4. The van der Waals surface area contributed by atoms with E-state index >= 15 is 4.39 Å². The third-order valence-corrected chi connectivity index (χ3v) is 8.05. The normalized spacial score (nSPS) is 12.9. The van der Waals surface area contributed by atoms with Gasteiger partial charge in [-0.05, 0) is 82.3 Å². The zero-order valence-electron chi connectivity index (χ0n) is 21.6. The van der Waals surface area contributed by atoms with Crippen LogP contribution >= 0.6 is 0 Å². The first-order valence-corrected chi connectivity index (χ1v) is 13.5. The first-order valence-electron chi connectivity index (χ1n) is 13.5. The number of hydrogen-bond acceptors (Lipinski definition) is 2. The van der Waals surface area contributed by atoms with Crippen LogP contribution in [0.3, 0.4) is 0 Å². The fourth-order valence-electron chi connectivity index (χ4n) is 6.31. The van der Waals surface area contributed by atoms with Crippen molar-refractivity contribution in [3.8, 4) is 28.2 Å². The number of alkyl halides is 1. The Bertz CT molecular complexity index is 2040. The van der Waals surface area contributed by atoms with Crippen molar-refractivity contribution in [2.24, 2.45) is 0 Å². The van der Waals surface area contributed by atoms with Gasteiger partial charge in [0.2, 0.25) is 0 Å². The fourth-order valence-corrected chi connectivity index (χ4v) is 6.31. The summed E-state index contributed by atoms with van der Waals surface area (Å²) in [5.74, 6) is 0.818. The monoisotopic (exact) mass is 517 g/mol. The maximum absolute atomic E-state index is 16.9. The van der Waals surface area contributed by atoms with Crippen LogP contribution < -0.4 is 0 Å².